The Balaban J connectivity index is 1.85. The molecule has 0 aliphatic rings. The average Bonchev–Trinajstić information content (AvgIpc) is 2.51. The van der Waals surface area contributed by atoms with Crippen LogP contribution in [0.15, 0.2) is 60.9 Å². The maximum Gasteiger partial charge on any atom is 0.134 e. The number of nitrogens with one attached hydrogen (secondary N) is 2. The van der Waals surface area contributed by atoms with E-state index < -0.39 is 0 Å². The number of anilines is 4. The monoisotopic (exact) mass is 290 g/mol. The third-order valence-electron chi connectivity index (χ3n) is 3.32. The topological polar surface area (TPSA) is 49.8 Å². The minimum absolute atomic E-state index is 0.783. The molecular formula is C18H18N4. The lowest BCUT2D eigenvalue weighted by atomic mass is 10.2. The molecule has 3 aromatic rings. The van der Waals surface area contributed by atoms with Gasteiger partial charge in [-0.05, 0) is 38.1 Å². The van der Waals surface area contributed by atoms with E-state index in [1.807, 2.05) is 37.3 Å². The Hall–Kier alpha value is -2.88. The molecular weight excluding hydrogens is 272 g/mol. The molecule has 0 amide bonds. The van der Waals surface area contributed by atoms with Crippen LogP contribution in [0.25, 0.3) is 0 Å². The van der Waals surface area contributed by atoms with Gasteiger partial charge in [-0.1, -0.05) is 29.8 Å². The second-order valence-corrected chi connectivity index (χ2v) is 5.21. The number of benzene rings is 2. The molecule has 22 heavy (non-hydrogen) atoms. The van der Waals surface area contributed by atoms with E-state index in [2.05, 4.69) is 51.8 Å². The highest BCUT2D eigenvalue weighted by Crippen LogP contribution is 2.27. The molecule has 0 bridgehead atoms. The van der Waals surface area contributed by atoms with E-state index in [-0.39, 0.29) is 0 Å². The van der Waals surface area contributed by atoms with Gasteiger partial charge in [0.15, 0.2) is 0 Å². The highest BCUT2D eigenvalue weighted by atomic mass is 15.0. The van der Waals surface area contributed by atoms with Gasteiger partial charge in [0.1, 0.15) is 12.1 Å². The van der Waals surface area contributed by atoms with Gasteiger partial charge in [-0.2, -0.15) is 0 Å². The van der Waals surface area contributed by atoms with Crippen molar-refractivity contribution in [2.24, 2.45) is 0 Å². The molecule has 0 aliphatic carbocycles. The summed E-state index contributed by atoms with van der Waals surface area (Å²) in [6.07, 6.45) is 1.56. The molecule has 1 heterocycles. The lowest BCUT2D eigenvalue weighted by Crippen LogP contribution is -1.99. The summed E-state index contributed by atoms with van der Waals surface area (Å²) in [5, 5.41) is 6.76. The van der Waals surface area contributed by atoms with Gasteiger partial charge in [-0.15, -0.1) is 0 Å². The molecule has 4 nitrogen and oxygen atoms in total. The standard InChI is InChI=1S/C18H18N4/c1-13-7-9-15(10-8-13)21-16-5-3-4-6-17(16)22-18-11-14(2)19-12-20-18/h3-12,21H,1-2H3,(H,19,20,22). The molecule has 4 heteroatoms. The van der Waals surface area contributed by atoms with Crippen molar-refractivity contribution in [2.45, 2.75) is 13.8 Å². The predicted molar refractivity (Wildman–Crippen MR) is 91.0 cm³/mol. The molecule has 0 atom stereocenters. The lowest BCUT2D eigenvalue weighted by Gasteiger charge is -2.13. The fraction of sp³-hybridized carbons (Fsp3) is 0.111. The summed E-state index contributed by atoms with van der Waals surface area (Å²) >= 11 is 0. The van der Waals surface area contributed by atoms with E-state index in [9.17, 15) is 0 Å². The molecule has 0 saturated heterocycles. The average molecular weight is 290 g/mol. The van der Waals surface area contributed by atoms with Gasteiger partial charge in [0, 0.05) is 17.4 Å². The number of hydrogen-bond acceptors (Lipinski definition) is 4. The maximum absolute atomic E-state index is 4.24. The zero-order chi connectivity index (χ0) is 15.4. The van der Waals surface area contributed by atoms with Crippen molar-refractivity contribution in [1.29, 1.82) is 0 Å². The normalized spacial score (nSPS) is 10.3. The number of para-hydroxylation sites is 2. The summed E-state index contributed by atoms with van der Waals surface area (Å²) in [5.41, 5.74) is 5.21. The largest absolute Gasteiger partial charge is 0.354 e. The van der Waals surface area contributed by atoms with Crippen LogP contribution in [0.1, 0.15) is 11.3 Å². The maximum atomic E-state index is 4.24. The van der Waals surface area contributed by atoms with Crippen molar-refractivity contribution >= 4 is 22.9 Å². The molecule has 0 unspecified atom stereocenters. The van der Waals surface area contributed by atoms with Crippen LogP contribution in [0.4, 0.5) is 22.9 Å². The van der Waals surface area contributed by atoms with Gasteiger partial charge in [0.25, 0.3) is 0 Å². The second-order valence-electron chi connectivity index (χ2n) is 5.21. The van der Waals surface area contributed by atoms with Crippen LogP contribution in [0, 0.1) is 13.8 Å². The number of nitrogens with zero attached hydrogens (tertiary/aromatic N) is 2. The smallest absolute Gasteiger partial charge is 0.134 e. The first kappa shape index (κ1) is 14.1. The van der Waals surface area contributed by atoms with Crippen LogP contribution in [-0.2, 0) is 0 Å². The van der Waals surface area contributed by atoms with Crippen molar-refractivity contribution in [3.05, 3.63) is 72.2 Å². The number of rotatable bonds is 4. The molecule has 2 N–H and O–H groups in total. The number of hydrogen-bond donors (Lipinski definition) is 2. The van der Waals surface area contributed by atoms with Crippen molar-refractivity contribution in [3.8, 4) is 0 Å². The van der Waals surface area contributed by atoms with E-state index in [1.54, 1.807) is 6.33 Å². The Morgan fingerprint density at radius 3 is 2.14 bits per heavy atom. The first-order valence-electron chi connectivity index (χ1n) is 7.19. The van der Waals surface area contributed by atoms with Crippen molar-refractivity contribution < 1.29 is 0 Å². The van der Waals surface area contributed by atoms with Gasteiger partial charge in [-0.3, -0.25) is 0 Å². The van der Waals surface area contributed by atoms with Gasteiger partial charge in [0.05, 0.1) is 11.4 Å². The summed E-state index contributed by atoms with van der Waals surface area (Å²) in [6.45, 7) is 4.03. The third kappa shape index (κ3) is 3.41. The van der Waals surface area contributed by atoms with E-state index >= 15 is 0 Å². The summed E-state index contributed by atoms with van der Waals surface area (Å²) in [6, 6.07) is 18.3. The van der Waals surface area contributed by atoms with E-state index in [4.69, 9.17) is 0 Å². The summed E-state index contributed by atoms with van der Waals surface area (Å²) in [4.78, 5) is 8.36. The van der Waals surface area contributed by atoms with E-state index in [1.165, 1.54) is 5.56 Å². The van der Waals surface area contributed by atoms with Crippen LogP contribution < -0.4 is 10.6 Å². The van der Waals surface area contributed by atoms with E-state index in [0.717, 1.165) is 28.6 Å². The predicted octanol–water partition coefficient (Wildman–Crippen LogP) is 4.58. The van der Waals surface area contributed by atoms with Crippen LogP contribution in [0.5, 0.6) is 0 Å². The minimum Gasteiger partial charge on any atom is -0.354 e. The summed E-state index contributed by atoms with van der Waals surface area (Å²) in [5.74, 6) is 0.783. The molecule has 1 aromatic heterocycles. The Morgan fingerprint density at radius 2 is 1.45 bits per heavy atom. The molecule has 2 aromatic carbocycles. The Morgan fingerprint density at radius 1 is 0.773 bits per heavy atom. The molecule has 0 radical (unpaired) electrons. The van der Waals surface area contributed by atoms with Gasteiger partial charge < -0.3 is 10.6 Å². The summed E-state index contributed by atoms with van der Waals surface area (Å²) in [7, 11) is 0. The first-order valence-corrected chi connectivity index (χ1v) is 7.19. The highest BCUT2D eigenvalue weighted by molar-refractivity contribution is 5.77. The Kier molecular flexibility index (Phi) is 4.01. The third-order valence-corrected chi connectivity index (χ3v) is 3.32. The van der Waals surface area contributed by atoms with Gasteiger partial charge in [0.2, 0.25) is 0 Å². The Labute approximate surface area is 130 Å². The van der Waals surface area contributed by atoms with Crippen molar-refractivity contribution in [3.63, 3.8) is 0 Å². The molecule has 3 rings (SSSR count). The van der Waals surface area contributed by atoms with Crippen LogP contribution in [0.3, 0.4) is 0 Å². The Bertz CT molecular complexity index is 766. The fourth-order valence-corrected chi connectivity index (χ4v) is 2.15. The zero-order valence-corrected chi connectivity index (χ0v) is 12.7. The number of aromatic nitrogens is 2. The summed E-state index contributed by atoms with van der Waals surface area (Å²) < 4.78 is 0. The fourth-order valence-electron chi connectivity index (χ4n) is 2.15. The SMILES string of the molecule is Cc1ccc(Nc2ccccc2Nc2cc(C)ncn2)cc1. The van der Waals surface area contributed by atoms with Gasteiger partial charge >= 0.3 is 0 Å². The van der Waals surface area contributed by atoms with Gasteiger partial charge in [-0.25, -0.2) is 9.97 Å². The highest BCUT2D eigenvalue weighted by Gasteiger charge is 2.04. The van der Waals surface area contributed by atoms with Crippen molar-refractivity contribution in [2.75, 3.05) is 10.6 Å². The molecule has 0 spiro atoms. The molecule has 110 valence electrons. The quantitative estimate of drug-likeness (QED) is 0.738. The number of aryl methyl sites for hydroxylation is 2. The lowest BCUT2D eigenvalue weighted by molar-refractivity contribution is 1.10. The van der Waals surface area contributed by atoms with E-state index in [0.29, 0.717) is 0 Å². The molecule has 0 saturated carbocycles. The zero-order valence-electron chi connectivity index (χ0n) is 12.7. The first-order chi connectivity index (χ1) is 10.7. The minimum atomic E-state index is 0.783. The molecule has 0 aliphatic heterocycles. The second kappa shape index (κ2) is 6.26. The van der Waals surface area contributed by atoms with Crippen LogP contribution in [-0.4, -0.2) is 9.97 Å². The van der Waals surface area contributed by atoms with Crippen LogP contribution in [0.2, 0.25) is 0 Å². The molecule has 0 fully saturated rings. The van der Waals surface area contributed by atoms with Crippen molar-refractivity contribution in [1.82, 2.24) is 9.97 Å². The van der Waals surface area contributed by atoms with Crippen LogP contribution >= 0.6 is 0 Å².